The van der Waals surface area contributed by atoms with E-state index in [2.05, 4.69) is 13.8 Å². The highest BCUT2D eigenvalue weighted by molar-refractivity contribution is 4.85. The van der Waals surface area contributed by atoms with Crippen LogP contribution in [0.1, 0.15) is 66.2 Å². The molecule has 0 heterocycles. The molecule has 84 valence electrons. The molecule has 2 rings (SSSR count). The van der Waals surface area contributed by atoms with Gasteiger partial charge in [0.05, 0.1) is 0 Å². The van der Waals surface area contributed by atoms with Crippen molar-refractivity contribution >= 4 is 0 Å². The van der Waals surface area contributed by atoms with Gasteiger partial charge in [-0.25, -0.2) is 0 Å². The maximum Gasteiger partial charge on any atom is -0.0386 e. The van der Waals surface area contributed by atoms with E-state index in [1.165, 1.54) is 19.3 Å². The van der Waals surface area contributed by atoms with Crippen LogP contribution >= 0.6 is 0 Å². The van der Waals surface area contributed by atoms with Gasteiger partial charge in [-0.3, -0.25) is 0 Å². The first-order valence-corrected chi connectivity index (χ1v) is 6.79. The highest BCUT2D eigenvalue weighted by Crippen LogP contribution is 2.46. The Bertz CT molecular complexity index is 150. The molecule has 0 radical (unpaired) electrons. The quantitative estimate of drug-likeness (QED) is 0.560. The van der Waals surface area contributed by atoms with E-state index in [1.807, 2.05) is 13.8 Å². The number of fused-ring (bicyclic) bond motifs is 2. The molecule has 2 saturated carbocycles. The molecule has 0 aliphatic heterocycles. The second-order valence-corrected chi connectivity index (χ2v) is 5.16. The Balaban J connectivity index is 0.000000461. The van der Waals surface area contributed by atoms with Crippen LogP contribution in [0, 0.1) is 23.7 Å². The lowest BCUT2D eigenvalue weighted by atomic mass is 9.85. The molecule has 0 heteroatoms. The van der Waals surface area contributed by atoms with E-state index >= 15 is 0 Å². The summed E-state index contributed by atoms with van der Waals surface area (Å²) in [6.07, 6.45) is 9.16. The SMILES string of the molecule is CC.CCC1CCC2CC(C1)CC2C. The zero-order valence-corrected chi connectivity index (χ0v) is 10.6. The Kier molecular flexibility index (Phi) is 4.98. The number of hydrogen-bond donors (Lipinski definition) is 0. The molecule has 0 aromatic heterocycles. The van der Waals surface area contributed by atoms with Gasteiger partial charge in [-0.15, -0.1) is 0 Å². The van der Waals surface area contributed by atoms with Gasteiger partial charge in [-0.1, -0.05) is 40.5 Å². The fraction of sp³-hybridized carbons (Fsp3) is 1.00. The molecule has 0 nitrogen and oxygen atoms in total. The molecule has 14 heavy (non-hydrogen) atoms. The summed E-state index contributed by atoms with van der Waals surface area (Å²) in [7, 11) is 0. The van der Waals surface area contributed by atoms with Gasteiger partial charge >= 0.3 is 0 Å². The average Bonchev–Trinajstić information content (AvgIpc) is 2.44. The van der Waals surface area contributed by atoms with Gasteiger partial charge in [0.25, 0.3) is 0 Å². The normalized spacial score (nSPS) is 41.1. The molecule has 0 aromatic carbocycles. The third-order valence-electron chi connectivity index (χ3n) is 4.34. The lowest BCUT2D eigenvalue weighted by Gasteiger charge is -2.20. The molecular weight excluding hydrogens is 168 g/mol. The predicted octanol–water partition coefficient (Wildman–Crippen LogP) is 4.89. The molecular formula is C14H28. The largest absolute Gasteiger partial charge is 0.0683 e. The van der Waals surface area contributed by atoms with E-state index in [9.17, 15) is 0 Å². The highest BCUT2D eigenvalue weighted by atomic mass is 14.4. The average molecular weight is 196 g/mol. The first-order valence-electron chi connectivity index (χ1n) is 6.79. The van der Waals surface area contributed by atoms with Crippen LogP contribution in [-0.4, -0.2) is 0 Å². The van der Waals surface area contributed by atoms with Gasteiger partial charge in [0.2, 0.25) is 0 Å². The second kappa shape index (κ2) is 5.78. The van der Waals surface area contributed by atoms with Crippen LogP contribution in [-0.2, 0) is 0 Å². The van der Waals surface area contributed by atoms with E-state index < -0.39 is 0 Å². The molecule has 0 amide bonds. The van der Waals surface area contributed by atoms with Crippen LogP contribution in [0.4, 0.5) is 0 Å². The van der Waals surface area contributed by atoms with Crippen molar-refractivity contribution in [2.45, 2.75) is 66.2 Å². The minimum Gasteiger partial charge on any atom is -0.0683 e. The van der Waals surface area contributed by atoms with Crippen molar-refractivity contribution < 1.29 is 0 Å². The van der Waals surface area contributed by atoms with E-state index in [-0.39, 0.29) is 0 Å². The molecule has 4 atom stereocenters. The van der Waals surface area contributed by atoms with Crippen LogP contribution < -0.4 is 0 Å². The summed E-state index contributed by atoms with van der Waals surface area (Å²) < 4.78 is 0. The van der Waals surface area contributed by atoms with E-state index in [0.29, 0.717) is 0 Å². The Morgan fingerprint density at radius 2 is 1.71 bits per heavy atom. The summed E-state index contributed by atoms with van der Waals surface area (Å²) in [6.45, 7) is 8.84. The zero-order valence-electron chi connectivity index (χ0n) is 10.6. The Morgan fingerprint density at radius 1 is 1.00 bits per heavy atom. The lowest BCUT2D eigenvalue weighted by Crippen LogP contribution is -2.09. The first kappa shape index (κ1) is 12.1. The first-order chi connectivity index (χ1) is 6.79. The van der Waals surface area contributed by atoms with Gasteiger partial charge in [-0.05, 0) is 49.4 Å². The summed E-state index contributed by atoms with van der Waals surface area (Å²) >= 11 is 0. The molecule has 0 aromatic rings. The zero-order chi connectivity index (χ0) is 10.6. The van der Waals surface area contributed by atoms with Gasteiger partial charge in [0, 0.05) is 0 Å². The van der Waals surface area contributed by atoms with Crippen LogP contribution in [0.15, 0.2) is 0 Å². The van der Waals surface area contributed by atoms with Gasteiger partial charge in [0.15, 0.2) is 0 Å². The van der Waals surface area contributed by atoms with Gasteiger partial charge in [0.1, 0.15) is 0 Å². The fourth-order valence-corrected chi connectivity index (χ4v) is 3.48. The third kappa shape index (κ3) is 2.74. The molecule has 2 aliphatic carbocycles. The Hall–Kier alpha value is 0. The smallest absolute Gasteiger partial charge is 0.0386 e. The molecule has 0 saturated heterocycles. The van der Waals surface area contributed by atoms with Crippen molar-refractivity contribution in [2.24, 2.45) is 23.7 Å². The second-order valence-electron chi connectivity index (χ2n) is 5.16. The van der Waals surface area contributed by atoms with Crippen molar-refractivity contribution in [3.8, 4) is 0 Å². The minimum atomic E-state index is 1.05. The summed E-state index contributed by atoms with van der Waals surface area (Å²) in [5, 5.41) is 0. The molecule has 0 spiro atoms. The molecule has 4 unspecified atom stereocenters. The van der Waals surface area contributed by atoms with Crippen LogP contribution in [0.25, 0.3) is 0 Å². The molecule has 2 aliphatic rings. The van der Waals surface area contributed by atoms with Crippen LogP contribution in [0.3, 0.4) is 0 Å². The topological polar surface area (TPSA) is 0 Å². The maximum atomic E-state index is 2.47. The lowest BCUT2D eigenvalue weighted by molar-refractivity contribution is 0.311. The van der Waals surface area contributed by atoms with Crippen molar-refractivity contribution in [1.82, 2.24) is 0 Å². The summed E-state index contributed by atoms with van der Waals surface area (Å²) in [6, 6.07) is 0. The van der Waals surface area contributed by atoms with E-state index in [4.69, 9.17) is 0 Å². The van der Waals surface area contributed by atoms with Crippen LogP contribution in [0.2, 0.25) is 0 Å². The summed E-state index contributed by atoms with van der Waals surface area (Å²) in [5.74, 6) is 4.34. The van der Waals surface area contributed by atoms with Crippen molar-refractivity contribution in [2.75, 3.05) is 0 Å². The van der Waals surface area contributed by atoms with Crippen LogP contribution in [0.5, 0.6) is 0 Å². The minimum absolute atomic E-state index is 1.05. The number of hydrogen-bond acceptors (Lipinski definition) is 0. The molecule has 2 fully saturated rings. The maximum absolute atomic E-state index is 2.47. The van der Waals surface area contributed by atoms with Gasteiger partial charge in [-0.2, -0.15) is 0 Å². The highest BCUT2D eigenvalue weighted by Gasteiger charge is 2.34. The van der Waals surface area contributed by atoms with E-state index in [1.54, 1.807) is 19.3 Å². The van der Waals surface area contributed by atoms with Gasteiger partial charge < -0.3 is 0 Å². The standard InChI is InChI=1S/C12H22.C2H6/c1-3-10-4-5-12-8-11(7-10)6-9(12)2;1-2/h9-12H,3-8H2,1-2H3;1-2H3. The van der Waals surface area contributed by atoms with Crippen molar-refractivity contribution in [3.05, 3.63) is 0 Å². The van der Waals surface area contributed by atoms with E-state index in [0.717, 1.165) is 23.7 Å². The summed E-state index contributed by atoms with van der Waals surface area (Å²) in [4.78, 5) is 0. The molecule has 2 bridgehead atoms. The Labute approximate surface area is 90.5 Å². The summed E-state index contributed by atoms with van der Waals surface area (Å²) in [5.41, 5.74) is 0. The molecule has 0 N–H and O–H groups in total. The van der Waals surface area contributed by atoms with Crippen molar-refractivity contribution in [3.63, 3.8) is 0 Å². The van der Waals surface area contributed by atoms with Crippen molar-refractivity contribution in [1.29, 1.82) is 0 Å². The predicted molar refractivity (Wildman–Crippen MR) is 64.4 cm³/mol. The monoisotopic (exact) mass is 196 g/mol. The fourth-order valence-electron chi connectivity index (χ4n) is 3.48. The number of rotatable bonds is 1. The third-order valence-corrected chi connectivity index (χ3v) is 4.34. The Morgan fingerprint density at radius 3 is 2.36 bits per heavy atom.